The zero-order valence-corrected chi connectivity index (χ0v) is 10.9. The SMILES string of the molecule is CCCc1nc(C2(C)CCCO2)sc1CN. The summed E-state index contributed by atoms with van der Waals surface area (Å²) in [6.45, 7) is 5.78. The summed E-state index contributed by atoms with van der Waals surface area (Å²) in [4.78, 5) is 5.97. The Kier molecular flexibility index (Phi) is 3.62. The molecule has 90 valence electrons. The molecule has 0 aliphatic carbocycles. The van der Waals surface area contributed by atoms with Crippen LogP contribution < -0.4 is 5.73 Å². The number of ether oxygens (including phenoxy) is 1. The Balaban J connectivity index is 2.27. The molecule has 0 spiro atoms. The van der Waals surface area contributed by atoms with E-state index in [9.17, 15) is 0 Å². The maximum Gasteiger partial charge on any atom is 0.125 e. The minimum absolute atomic E-state index is 0.152. The zero-order valence-electron chi connectivity index (χ0n) is 10.1. The molecule has 1 aliphatic heterocycles. The molecule has 1 saturated heterocycles. The van der Waals surface area contributed by atoms with Gasteiger partial charge in [0.25, 0.3) is 0 Å². The number of nitrogens with zero attached hydrogens (tertiary/aromatic N) is 1. The van der Waals surface area contributed by atoms with Crippen LogP contribution >= 0.6 is 11.3 Å². The van der Waals surface area contributed by atoms with Crippen LogP contribution in [0.4, 0.5) is 0 Å². The van der Waals surface area contributed by atoms with Crippen LogP contribution in [-0.4, -0.2) is 11.6 Å². The van der Waals surface area contributed by atoms with E-state index in [1.165, 1.54) is 10.6 Å². The first-order valence-electron chi connectivity index (χ1n) is 6.02. The van der Waals surface area contributed by atoms with Gasteiger partial charge in [-0.15, -0.1) is 11.3 Å². The normalized spacial score (nSPS) is 25.2. The van der Waals surface area contributed by atoms with Crippen molar-refractivity contribution in [3.63, 3.8) is 0 Å². The van der Waals surface area contributed by atoms with E-state index >= 15 is 0 Å². The van der Waals surface area contributed by atoms with Crippen LogP contribution in [-0.2, 0) is 23.3 Å². The number of hydrogen-bond donors (Lipinski definition) is 1. The van der Waals surface area contributed by atoms with E-state index in [1.54, 1.807) is 11.3 Å². The summed E-state index contributed by atoms with van der Waals surface area (Å²) in [5.41, 5.74) is 6.80. The molecule has 1 aliphatic rings. The van der Waals surface area contributed by atoms with Crippen molar-refractivity contribution in [2.45, 2.75) is 51.7 Å². The maximum atomic E-state index is 5.82. The van der Waals surface area contributed by atoms with Crippen molar-refractivity contribution in [2.24, 2.45) is 5.73 Å². The number of thiazole rings is 1. The molecule has 1 unspecified atom stereocenters. The molecule has 2 heterocycles. The molecule has 2 rings (SSSR count). The van der Waals surface area contributed by atoms with Crippen LogP contribution in [0.2, 0.25) is 0 Å². The van der Waals surface area contributed by atoms with E-state index in [4.69, 9.17) is 15.5 Å². The fourth-order valence-corrected chi connectivity index (χ4v) is 3.26. The van der Waals surface area contributed by atoms with Crippen molar-refractivity contribution in [3.05, 3.63) is 15.6 Å². The Labute approximate surface area is 101 Å². The molecule has 0 bridgehead atoms. The van der Waals surface area contributed by atoms with Crippen molar-refractivity contribution in [3.8, 4) is 0 Å². The third kappa shape index (κ3) is 2.14. The Morgan fingerprint density at radius 1 is 1.56 bits per heavy atom. The van der Waals surface area contributed by atoms with Gasteiger partial charge in [0.15, 0.2) is 0 Å². The van der Waals surface area contributed by atoms with E-state index in [1.807, 2.05) is 0 Å². The lowest BCUT2D eigenvalue weighted by Crippen LogP contribution is -2.19. The highest BCUT2D eigenvalue weighted by Crippen LogP contribution is 2.38. The van der Waals surface area contributed by atoms with Gasteiger partial charge in [-0.05, 0) is 26.2 Å². The molecule has 3 nitrogen and oxygen atoms in total. The van der Waals surface area contributed by atoms with Crippen LogP contribution in [0.3, 0.4) is 0 Å². The number of hydrogen-bond acceptors (Lipinski definition) is 4. The average molecular weight is 240 g/mol. The molecule has 1 atom stereocenters. The fourth-order valence-electron chi connectivity index (χ4n) is 2.15. The van der Waals surface area contributed by atoms with Gasteiger partial charge in [-0.2, -0.15) is 0 Å². The molecular formula is C12H20N2OS. The van der Waals surface area contributed by atoms with Gasteiger partial charge in [0.2, 0.25) is 0 Å². The molecule has 2 N–H and O–H groups in total. The van der Waals surface area contributed by atoms with E-state index in [-0.39, 0.29) is 5.60 Å². The lowest BCUT2D eigenvalue weighted by atomic mass is 10.0. The Hall–Kier alpha value is -0.450. The van der Waals surface area contributed by atoms with E-state index < -0.39 is 0 Å². The van der Waals surface area contributed by atoms with Crippen molar-refractivity contribution in [2.75, 3.05) is 6.61 Å². The van der Waals surface area contributed by atoms with Gasteiger partial charge >= 0.3 is 0 Å². The largest absolute Gasteiger partial charge is 0.368 e. The second kappa shape index (κ2) is 4.82. The monoisotopic (exact) mass is 240 g/mol. The quantitative estimate of drug-likeness (QED) is 0.880. The van der Waals surface area contributed by atoms with E-state index in [2.05, 4.69) is 13.8 Å². The average Bonchev–Trinajstić information content (AvgIpc) is 2.86. The van der Waals surface area contributed by atoms with Gasteiger partial charge < -0.3 is 10.5 Å². The van der Waals surface area contributed by atoms with Crippen molar-refractivity contribution >= 4 is 11.3 Å². The van der Waals surface area contributed by atoms with Crippen LogP contribution in [0, 0.1) is 0 Å². The van der Waals surface area contributed by atoms with E-state index in [0.717, 1.165) is 37.3 Å². The molecule has 16 heavy (non-hydrogen) atoms. The van der Waals surface area contributed by atoms with Gasteiger partial charge in [-0.3, -0.25) is 0 Å². The number of nitrogens with two attached hydrogens (primary N) is 1. The molecule has 0 aromatic carbocycles. The molecule has 0 saturated carbocycles. The lowest BCUT2D eigenvalue weighted by Gasteiger charge is -2.19. The Morgan fingerprint density at radius 3 is 2.94 bits per heavy atom. The molecule has 1 aromatic rings. The summed E-state index contributed by atoms with van der Waals surface area (Å²) in [7, 11) is 0. The summed E-state index contributed by atoms with van der Waals surface area (Å²) in [6, 6.07) is 0. The second-order valence-electron chi connectivity index (χ2n) is 4.53. The topological polar surface area (TPSA) is 48.1 Å². The summed E-state index contributed by atoms with van der Waals surface area (Å²) in [6.07, 6.45) is 4.36. The standard InChI is InChI=1S/C12H20N2OS/c1-3-5-9-10(8-13)16-11(14-9)12(2)6-4-7-15-12/h3-8,13H2,1-2H3. The molecule has 0 radical (unpaired) electrons. The lowest BCUT2D eigenvalue weighted by molar-refractivity contribution is 0.0165. The first-order chi connectivity index (χ1) is 7.69. The zero-order chi connectivity index (χ0) is 11.6. The highest BCUT2D eigenvalue weighted by Gasteiger charge is 2.35. The Bertz CT molecular complexity index is 356. The molecular weight excluding hydrogens is 220 g/mol. The van der Waals surface area contributed by atoms with Crippen LogP contribution in [0.25, 0.3) is 0 Å². The third-order valence-electron chi connectivity index (χ3n) is 3.12. The van der Waals surface area contributed by atoms with Gasteiger partial charge in [0.1, 0.15) is 10.6 Å². The van der Waals surface area contributed by atoms with Crippen LogP contribution in [0.15, 0.2) is 0 Å². The first-order valence-corrected chi connectivity index (χ1v) is 6.84. The van der Waals surface area contributed by atoms with Gasteiger partial charge in [-0.25, -0.2) is 4.98 Å². The van der Waals surface area contributed by atoms with E-state index in [0.29, 0.717) is 6.54 Å². The first kappa shape index (κ1) is 12.0. The highest BCUT2D eigenvalue weighted by molar-refractivity contribution is 7.11. The molecule has 1 fully saturated rings. The smallest absolute Gasteiger partial charge is 0.125 e. The van der Waals surface area contributed by atoms with Crippen molar-refractivity contribution in [1.29, 1.82) is 0 Å². The predicted octanol–water partition coefficient (Wildman–Crippen LogP) is 2.58. The Morgan fingerprint density at radius 2 is 2.38 bits per heavy atom. The second-order valence-corrected chi connectivity index (χ2v) is 5.61. The number of rotatable bonds is 4. The van der Waals surface area contributed by atoms with Gasteiger partial charge in [0, 0.05) is 18.0 Å². The molecule has 1 aromatic heterocycles. The van der Waals surface area contributed by atoms with Crippen LogP contribution in [0.1, 0.15) is 48.7 Å². The fraction of sp³-hybridized carbons (Fsp3) is 0.750. The summed E-state index contributed by atoms with van der Waals surface area (Å²) < 4.78 is 5.82. The van der Waals surface area contributed by atoms with Crippen molar-refractivity contribution < 1.29 is 4.74 Å². The molecule has 4 heteroatoms. The minimum Gasteiger partial charge on any atom is -0.368 e. The number of aryl methyl sites for hydroxylation is 1. The van der Waals surface area contributed by atoms with Crippen LogP contribution in [0.5, 0.6) is 0 Å². The summed E-state index contributed by atoms with van der Waals surface area (Å²) in [5.74, 6) is 0. The molecule has 0 amide bonds. The third-order valence-corrected chi connectivity index (χ3v) is 4.49. The number of aromatic nitrogens is 1. The maximum absolute atomic E-state index is 5.82. The predicted molar refractivity (Wildman–Crippen MR) is 66.5 cm³/mol. The van der Waals surface area contributed by atoms with Gasteiger partial charge in [0.05, 0.1) is 5.69 Å². The summed E-state index contributed by atoms with van der Waals surface area (Å²) in [5, 5.41) is 1.12. The summed E-state index contributed by atoms with van der Waals surface area (Å²) >= 11 is 1.73. The highest BCUT2D eigenvalue weighted by atomic mass is 32.1. The minimum atomic E-state index is -0.152. The van der Waals surface area contributed by atoms with Gasteiger partial charge in [-0.1, -0.05) is 13.3 Å². The van der Waals surface area contributed by atoms with Crippen molar-refractivity contribution in [1.82, 2.24) is 4.98 Å².